The molecule has 2 aromatic rings. The van der Waals surface area contributed by atoms with Gasteiger partial charge in [0.1, 0.15) is 0 Å². The van der Waals surface area contributed by atoms with Crippen molar-refractivity contribution in [3.63, 3.8) is 0 Å². The van der Waals surface area contributed by atoms with E-state index in [1.54, 1.807) is 0 Å². The van der Waals surface area contributed by atoms with Crippen LogP contribution >= 0.6 is 31.9 Å². The highest BCUT2D eigenvalue weighted by Gasteiger charge is 2.03. The molecule has 0 aliphatic heterocycles. The van der Waals surface area contributed by atoms with Gasteiger partial charge in [-0.15, -0.1) is 0 Å². The van der Waals surface area contributed by atoms with Gasteiger partial charge in [-0.2, -0.15) is 0 Å². The molecule has 0 aliphatic rings. The van der Waals surface area contributed by atoms with E-state index in [-0.39, 0.29) is 9.30 Å². The van der Waals surface area contributed by atoms with Gasteiger partial charge in [0.15, 0.2) is 0 Å². The van der Waals surface area contributed by atoms with Crippen LogP contribution in [0.25, 0.3) is 10.9 Å². The third-order valence-electron chi connectivity index (χ3n) is 2.00. The molecular formula is C10H7Br2NO. The number of alkyl halides is 2. The Morgan fingerprint density at radius 1 is 1.14 bits per heavy atom. The molecule has 0 saturated heterocycles. The van der Waals surface area contributed by atoms with Crippen molar-refractivity contribution in [3.8, 4) is 0 Å². The SMILES string of the molecule is O=c1ccc2ccc(C(Br)Br)cc2[nH]1. The Labute approximate surface area is 97.6 Å². The number of aromatic amines is 1. The predicted molar refractivity (Wildman–Crippen MR) is 65.2 cm³/mol. The number of pyridine rings is 1. The Morgan fingerprint density at radius 3 is 2.57 bits per heavy atom. The van der Waals surface area contributed by atoms with Gasteiger partial charge in [0.25, 0.3) is 0 Å². The second-order valence-electron chi connectivity index (χ2n) is 2.97. The number of benzene rings is 1. The molecule has 2 nitrogen and oxygen atoms in total. The standard InChI is InChI=1S/C10H7Br2NO/c11-10(12)7-2-1-6-3-4-9(14)13-8(6)5-7/h1-5,10H,(H,13,14). The van der Waals surface area contributed by atoms with E-state index in [1.165, 1.54) is 6.07 Å². The van der Waals surface area contributed by atoms with Crippen LogP contribution in [0, 0.1) is 0 Å². The molecule has 1 aromatic heterocycles. The van der Waals surface area contributed by atoms with Crippen molar-refractivity contribution in [2.45, 2.75) is 3.74 Å². The summed E-state index contributed by atoms with van der Waals surface area (Å²) in [6.07, 6.45) is 0. The van der Waals surface area contributed by atoms with E-state index < -0.39 is 0 Å². The number of fused-ring (bicyclic) bond motifs is 1. The summed E-state index contributed by atoms with van der Waals surface area (Å²) in [5, 5.41) is 1.04. The highest BCUT2D eigenvalue weighted by molar-refractivity contribution is 9.24. The first-order chi connectivity index (χ1) is 6.66. The van der Waals surface area contributed by atoms with Crippen LogP contribution in [0.4, 0.5) is 0 Å². The molecule has 0 spiro atoms. The summed E-state index contributed by atoms with van der Waals surface area (Å²) in [5.41, 5.74) is 1.87. The minimum absolute atomic E-state index is 0.0738. The molecular weight excluding hydrogens is 310 g/mol. The predicted octanol–water partition coefficient (Wildman–Crippen LogP) is 3.32. The van der Waals surface area contributed by atoms with E-state index in [1.807, 2.05) is 24.3 Å². The second kappa shape index (κ2) is 3.87. The van der Waals surface area contributed by atoms with Crippen molar-refractivity contribution in [3.05, 3.63) is 46.2 Å². The van der Waals surface area contributed by atoms with Crippen molar-refractivity contribution in [1.29, 1.82) is 0 Å². The lowest BCUT2D eigenvalue weighted by Gasteiger charge is -2.03. The van der Waals surface area contributed by atoms with Crippen LogP contribution in [0.15, 0.2) is 35.1 Å². The monoisotopic (exact) mass is 315 g/mol. The molecule has 72 valence electrons. The van der Waals surface area contributed by atoms with Gasteiger partial charge in [-0.05, 0) is 23.1 Å². The van der Waals surface area contributed by atoms with Crippen LogP contribution in [-0.4, -0.2) is 4.98 Å². The third kappa shape index (κ3) is 1.91. The van der Waals surface area contributed by atoms with E-state index in [4.69, 9.17) is 0 Å². The van der Waals surface area contributed by atoms with Gasteiger partial charge in [0.05, 0.1) is 3.74 Å². The number of hydrogen-bond acceptors (Lipinski definition) is 1. The largest absolute Gasteiger partial charge is 0.322 e. The molecule has 2 rings (SSSR count). The summed E-state index contributed by atoms with van der Waals surface area (Å²) >= 11 is 6.82. The van der Waals surface area contributed by atoms with Crippen molar-refractivity contribution in [2.75, 3.05) is 0 Å². The molecule has 0 radical (unpaired) electrons. The van der Waals surface area contributed by atoms with Gasteiger partial charge < -0.3 is 4.98 Å². The molecule has 0 fully saturated rings. The Morgan fingerprint density at radius 2 is 1.86 bits per heavy atom. The van der Waals surface area contributed by atoms with E-state index in [2.05, 4.69) is 36.8 Å². The van der Waals surface area contributed by atoms with Crippen molar-refractivity contribution in [2.24, 2.45) is 0 Å². The Balaban J connectivity index is 2.69. The van der Waals surface area contributed by atoms with Crippen molar-refractivity contribution in [1.82, 2.24) is 4.98 Å². The summed E-state index contributed by atoms with van der Waals surface area (Å²) in [4.78, 5) is 13.9. The first-order valence-electron chi connectivity index (χ1n) is 4.08. The third-order valence-corrected chi connectivity index (χ3v) is 3.06. The fourth-order valence-corrected chi connectivity index (χ4v) is 1.87. The lowest BCUT2D eigenvalue weighted by atomic mass is 10.1. The molecule has 0 unspecified atom stereocenters. The summed E-state index contributed by atoms with van der Waals surface area (Å²) < 4.78 is 0.114. The van der Waals surface area contributed by atoms with E-state index in [0.717, 1.165) is 16.5 Å². The second-order valence-corrected chi connectivity index (χ2v) is 6.03. The lowest BCUT2D eigenvalue weighted by Crippen LogP contribution is -2.02. The molecule has 0 atom stereocenters. The van der Waals surface area contributed by atoms with E-state index >= 15 is 0 Å². The molecule has 0 saturated carbocycles. The average molecular weight is 317 g/mol. The van der Waals surface area contributed by atoms with Crippen LogP contribution in [-0.2, 0) is 0 Å². The average Bonchev–Trinajstić information content (AvgIpc) is 2.16. The van der Waals surface area contributed by atoms with E-state index in [9.17, 15) is 4.79 Å². The first-order valence-corrected chi connectivity index (χ1v) is 5.91. The van der Waals surface area contributed by atoms with Gasteiger partial charge in [0, 0.05) is 11.6 Å². The fourth-order valence-electron chi connectivity index (χ4n) is 1.30. The normalized spacial score (nSPS) is 11.1. The summed E-state index contributed by atoms with van der Waals surface area (Å²) in [5.74, 6) is 0. The highest BCUT2D eigenvalue weighted by Crippen LogP contribution is 2.30. The number of aromatic nitrogens is 1. The van der Waals surface area contributed by atoms with E-state index in [0.29, 0.717) is 0 Å². The Kier molecular flexibility index (Phi) is 2.74. The maximum Gasteiger partial charge on any atom is 0.248 e. The van der Waals surface area contributed by atoms with Crippen LogP contribution in [0.3, 0.4) is 0 Å². The zero-order chi connectivity index (χ0) is 10.1. The molecule has 0 amide bonds. The fraction of sp³-hybridized carbons (Fsp3) is 0.100. The smallest absolute Gasteiger partial charge is 0.248 e. The molecule has 1 N–H and O–H groups in total. The molecule has 0 aliphatic carbocycles. The van der Waals surface area contributed by atoms with Crippen LogP contribution < -0.4 is 5.56 Å². The number of halogens is 2. The quantitative estimate of drug-likeness (QED) is 0.804. The van der Waals surface area contributed by atoms with Crippen molar-refractivity contribution >= 4 is 42.8 Å². The maximum atomic E-state index is 11.1. The van der Waals surface area contributed by atoms with Gasteiger partial charge in [0.2, 0.25) is 5.56 Å². The maximum absolute atomic E-state index is 11.1. The van der Waals surface area contributed by atoms with Gasteiger partial charge in [-0.25, -0.2) is 0 Å². The molecule has 4 heteroatoms. The van der Waals surface area contributed by atoms with Gasteiger partial charge >= 0.3 is 0 Å². The number of hydrogen-bond donors (Lipinski definition) is 1. The molecule has 1 heterocycles. The highest BCUT2D eigenvalue weighted by atomic mass is 79.9. The zero-order valence-electron chi connectivity index (χ0n) is 7.13. The topological polar surface area (TPSA) is 32.9 Å². The minimum Gasteiger partial charge on any atom is -0.322 e. The lowest BCUT2D eigenvalue weighted by molar-refractivity contribution is 1.29. The molecule has 14 heavy (non-hydrogen) atoms. The zero-order valence-corrected chi connectivity index (χ0v) is 10.3. The summed E-state index contributed by atoms with van der Waals surface area (Å²) in [6, 6.07) is 9.28. The van der Waals surface area contributed by atoms with Crippen LogP contribution in [0.1, 0.15) is 9.30 Å². The van der Waals surface area contributed by atoms with Gasteiger partial charge in [-0.3, -0.25) is 4.79 Å². The summed E-state index contributed by atoms with van der Waals surface area (Å²) in [6.45, 7) is 0. The molecule has 1 aromatic carbocycles. The Hall–Kier alpha value is -0.610. The Bertz CT molecular complexity index is 519. The number of H-pyrrole nitrogens is 1. The van der Waals surface area contributed by atoms with Crippen LogP contribution in [0.2, 0.25) is 0 Å². The minimum atomic E-state index is -0.0738. The first kappa shape index (κ1) is 9.93. The van der Waals surface area contributed by atoms with Crippen molar-refractivity contribution < 1.29 is 0 Å². The summed E-state index contributed by atoms with van der Waals surface area (Å²) in [7, 11) is 0. The van der Waals surface area contributed by atoms with Gasteiger partial charge in [-0.1, -0.05) is 44.0 Å². The molecule has 0 bridgehead atoms. The number of nitrogens with one attached hydrogen (secondary N) is 1. The van der Waals surface area contributed by atoms with Crippen LogP contribution in [0.5, 0.6) is 0 Å². The number of rotatable bonds is 1.